The van der Waals surface area contributed by atoms with Crippen molar-refractivity contribution in [2.24, 2.45) is 5.92 Å². The highest BCUT2D eigenvalue weighted by Gasteiger charge is 2.27. The number of benzene rings is 1. The van der Waals surface area contributed by atoms with Gasteiger partial charge in [0.15, 0.2) is 0 Å². The van der Waals surface area contributed by atoms with Crippen molar-refractivity contribution in [3.63, 3.8) is 0 Å². The van der Waals surface area contributed by atoms with Crippen molar-refractivity contribution < 1.29 is 4.79 Å². The molecule has 0 bridgehead atoms. The molecule has 5 heteroatoms. The van der Waals surface area contributed by atoms with Crippen LogP contribution in [0.15, 0.2) is 42.7 Å². The summed E-state index contributed by atoms with van der Waals surface area (Å²) in [6, 6.07) is 10.6. The van der Waals surface area contributed by atoms with Gasteiger partial charge < -0.3 is 10.2 Å². The molecule has 1 saturated heterocycles. The molecule has 0 spiro atoms. The highest BCUT2D eigenvalue weighted by molar-refractivity contribution is 5.74. The summed E-state index contributed by atoms with van der Waals surface area (Å²) in [5.41, 5.74) is 2.26. The molecule has 3 rings (SSSR count). The minimum absolute atomic E-state index is 0.0715. The summed E-state index contributed by atoms with van der Waals surface area (Å²) in [5.74, 6) is 0.583. The predicted octanol–water partition coefficient (Wildman–Crippen LogP) is 3.24. The smallest absolute Gasteiger partial charge is 0.317 e. The average molecular weight is 326 g/mol. The number of hydrogen-bond acceptors (Lipinski definition) is 2. The molecule has 24 heavy (non-hydrogen) atoms. The highest BCUT2D eigenvalue weighted by atomic mass is 16.2. The lowest BCUT2D eigenvalue weighted by atomic mass is 9.92. The first kappa shape index (κ1) is 16.6. The second-order valence-electron chi connectivity index (χ2n) is 6.65. The molecule has 1 N–H and O–H groups in total. The number of amides is 2. The van der Waals surface area contributed by atoms with E-state index in [0.29, 0.717) is 18.5 Å². The summed E-state index contributed by atoms with van der Waals surface area (Å²) in [4.78, 5) is 14.3. The van der Waals surface area contributed by atoms with Crippen LogP contribution in [0.4, 0.5) is 4.79 Å². The number of nitrogens with one attached hydrogen (secondary N) is 1. The first-order valence-electron chi connectivity index (χ1n) is 8.78. The molecule has 0 aliphatic carbocycles. The molecule has 2 heterocycles. The molecule has 2 amide bonds. The molecule has 5 nitrogen and oxygen atoms in total. The summed E-state index contributed by atoms with van der Waals surface area (Å²) in [7, 11) is 0. The van der Waals surface area contributed by atoms with E-state index in [4.69, 9.17) is 0 Å². The Morgan fingerprint density at radius 3 is 2.79 bits per heavy atom. The van der Waals surface area contributed by atoms with Gasteiger partial charge in [0, 0.05) is 31.5 Å². The fourth-order valence-corrected chi connectivity index (χ4v) is 3.27. The molecule has 2 atom stereocenters. The quantitative estimate of drug-likeness (QED) is 0.937. The van der Waals surface area contributed by atoms with Crippen molar-refractivity contribution in [1.29, 1.82) is 0 Å². The van der Waals surface area contributed by atoms with Gasteiger partial charge in [-0.3, -0.25) is 0 Å². The maximum atomic E-state index is 12.4. The van der Waals surface area contributed by atoms with Crippen LogP contribution in [-0.2, 0) is 6.42 Å². The zero-order chi connectivity index (χ0) is 16.9. The van der Waals surface area contributed by atoms with E-state index in [-0.39, 0.29) is 6.03 Å². The molecule has 1 aromatic heterocycles. The zero-order valence-corrected chi connectivity index (χ0v) is 14.5. The van der Waals surface area contributed by atoms with Gasteiger partial charge >= 0.3 is 6.03 Å². The van der Waals surface area contributed by atoms with Gasteiger partial charge in [-0.05, 0) is 55.9 Å². The first-order chi connectivity index (χ1) is 11.6. The van der Waals surface area contributed by atoms with Crippen LogP contribution in [0.2, 0.25) is 0 Å². The molecule has 2 aromatic rings. The van der Waals surface area contributed by atoms with Gasteiger partial charge in [-0.15, -0.1) is 0 Å². The Morgan fingerprint density at radius 2 is 2.08 bits per heavy atom. The van der Waals surface area contributed by atoms with Gasteiger partial charge in [0.25, 0.3) is 0 Å². The van der Waals surface area contributed by atoms with Crippen LogP contribution in [0, 0.1) is 5.92 Å². The summed E-state index contributed by atoms with van der Waals surface area (Å²) < 4.78 is 1.84. The molecule has 1 aliphatic heterocycles. The minimum atomic E-state index is 0.0715. The topological polar surface area (TPSA) is 50.2 Å². The van der Waals surface area contributed by atoms with Crippen molar-refractivity contribution in [2.75, 3.05) is 13.1 Å². The van der Waals surface area contributed by atoms with Crippen LogP contribution in [0.5, 0.6) is 0 Å². The fraction of sp³-hybridized carbons (Fsp3) is 0.474. The van der Waals surface area contributed by atoms with E-state index in [0.717, 1.165) is 25.1 Å². The molecule has 0 saturated carbocycles. The van der Waals surface area contributed by atoms with Gasteiger partial charge in [-0.1, -0.05) is 19.1 Å². The Morgan fingerprint density at radius 1 is 1.29 bits per heavy atom. The number of aromatic nitrogens is 2. The second kappa shape index (κ2) is 7.51. The van der Waals surface area contributed by atoms with Gasteiger partial charge in [0.1, 0.15) is 0 Å². The Hall–Kier alpha value is -2.30. The summed E-state index contributed by atoms with van der Waals surface area (Å²) in [5, 5.41) is 7.28. The maximum Gasteiger partial charge on any atom is 0.317 e. The fourth-order valence-electron chi connectivity index (χ4n) is 3.27. The molecule has 0 radical (unpaired) electrons. The zero-order valence-electron chi connectivity index (χ0n) is 14.5. The standard InChI is InChI=1S/C19H26N4O/c1-15-5-3-13-22(16(15)2)19(24)20-12-10-17-6-8-18(9-7-17)23-14-4-11-21-23/h4,6-9,11,14-16H,3,5,10,12-13H2,1-2H3,(H,20,24). The molecule has 2 unspecified atom stereocenters. The van der Waals surface area contributed by atoms with Crippen LogP contribution in [0.25, 0.3) is 5.69 Å². The van der Waals surface area contributed by atoms with E-state index < -0.39 is 0 Å². The van der Waals surface area contributed by atoms with Gasteiger partial charge in [0.05, 0.1) is 5.69 Å². The van der Waals surface area contributed by atoms with Crippen LogP contribution in [-0.4, -0.2) is 39.8 Å². The van der Waals surface area contributed by atoms with Crippen molar-refractivity contribution in [2.45, 2.75) is 39.2 Å². The first-order valence-corrected chi connectivity index (χ1v) is 8.78. The third-order valence-electron chi connectivity index (χ3n) is 5.03. The summed E-state index contributed by atoms with van der Waals surface area (Å²) in [6.45, 7) is 5.91. The molecule has 1 fully saturated rings. The van der Waals surface area contributed by atoms with Crippen molar-refractivity contribution in [1.82, 2.24) is 20.0 Å². The lowest BCUT2D eigenvalue weighted by Gasteiger charge is -2.37. The minimum Gasteiger partial charge on any atom is -0.338 e. The Bertz CT molecular complexity index is 651. The Labute approximate surface area is 143 Å². The molecule has 1 aliphatic rings. The third kappa shape index (κ3) is 3.78. The lowest BCUT2D eigenvalue weighted by Crippen LogP contribution is -2.50. The van der Waals surface area contributed by atoms with Crippen molar-refractivity contribution in [3.8, 4) is 5.69 Å². The number of likely N-dealkylation sites (tertiary alicyclic amines) is 1. The number of rotatable bonds is 4. The van der Waals surface area contributed by atoms with E-state index in [1.54, 1.807) is 6.20 Å². The highest BCUT2D eigenvalue weighted by Crippen LogP contribution is 2.22. The maximum absolute atomic E-state index is 12.4. The Balaban J connectivity index is 1.48. The van der Waals surface area contributed by atoms with Crippen LogP contribution >= 0.6 is 0 Å². The van der Waals surface area contributed by atoms with Gasteiger partial charge in [-0.25, -0.2) is 9.48 Å². The number of carbonyl (C=O) groups is 1. The number of piperidine rings is 1. The normalized spacial score (nSPS) is 20.8. The second-order valence-corrected chi connectivity index (χ2v) is 6.65. The molecule has 1 aromatic carbocycles. The number of urea groups is 1. The van der Waals surface area contributed by atoms with E-state index in [1.807, 2.05) is 21.8 Å². The Kier molecular flexibility index (Phi) is 5.18. The van der Waals surface area contributed by atoms with Crippen LogP contribution in [0.3, 0.4) is 0 Å². The largest absolute Gasteiger partial charge is 0.338 e. The van der Waals surface area contributed by atoms with Gasteiger partial charge in [-0.2, -0.15) is 5.10 Å². The summed E-state index contributed by atoms with van der Waals surface area (Å²) in [6.07, 6.45) is 6.85. The van der Waals surface area contributed by atoms with Crippen LogP contribution < -0.4 is 5.32 Å². The van der Waals surface area contributed by atoms with E-state index in [1.165, 1.54) is 12.0 Å². The van der Waals surface area contributed by atoms with Crippen molar-refractivity contribution in [3.05, 3.63) is 48.3 Å². The van der Waals surface area contributed by atoms with Crippen molar-refractivity contribution >= 4 is 6.03 Å². The third-order valence-corrected chi connectivity index (χ3v) is 5.03. The number of hydrogen-bond donors (Lipinski definition) is 1. The predicted molar refractivity (Wildman–Crippen MR) is 95.2 cm³/mol. The van der Waals surface area contributed by atoms with Gasteiger partial charge in [0.2, 0.25) is 0 Å². The SMILES string of the molecule is CC1CCCN(C(=O)NCCc2ccc(-n3cccn3)cc2)C1C. The number of carbonyl (C=O) groups excluding carboxylic acids is 1. The van der Waals surface area contributed by atoms with E-state index >= 15 is 0 Å². The molecular weight excluding hydrogens is 300 g/mol. The van der Waals surface area contributed by atoms with Crippen LogP contribution in [0.1, 0.15) is 32.3 Å². The van der Waals surface area contributed by atoms with E-state index in [2.05, 4.69) is 48.5 Å². The monoisotopic (exact) mass is 326 g/mol. The average Bonchev–Trinajstić information content (AvgIpc) is 3.12. The van der Waals surface area contributed by atoms with E-state index in [9.17, 15) is 4.79 Å². The summed E-state index contributed by atoms with van der Waals surface area (Å²) >= 11 is 0. The lowest BCUT2D eigenvalue weighted by molar-refractivity contribution is 0.129. The molecular formula is C19H26N4O. The molecule has 128 valence electrons. The number of nitrogens with zero attached hydrogens (tertiary/aromatic N) is 3.